The van der Waals surface area contributed by atoms with Gasteiger partial charge in [-0.25, -0.2) is 0 Å². The average Bonchev–Trinajstić information content (AvgIpc) is 2.49. The van der Waals surface area contributed by atoms with Crippen LogP contribution in [-0.4, -0.2) is 61.7 Å². The molecule has 142 valence electrons. The van der Waals surface area contributed by atoms with Gasteiger partial charge in [-0.2, -0.15) is 0 Å². The minimum atomic E-state index is -0.459. The molecule has 0 radical (unpaired) electrons. The quantitative estimate of drug-likeness (QED) is 0.279. The summed E-state index contributed by atoms with van der Waals surface area (Å²) in [6.45, 7) is 11.0. The number of guanidine groups is 1. The molecule has 0 bridgehead atoms. The van der Waals surface area contributed by atoms with Gasteiger partial charge >= 0.3 is 5.97 Å². The van der Waals surface area contributed by atoms with Gasteiger partial charge in [0.05, 0.1) is 0 Å². The van der Waals surface area contributed by atoms with E-state index in [1.54, 1.807) is 7.05 Å². The Morgan fingerprint density at radius 3 is 2.58 bits per heavy atom. The minimum absolute atomic E-state index is 0. The highest BCUT2D eigenvalue weighted by atomic mass is 127. The molecule has 2 N–H and O–H groups in total. The van der Waals surface area contributed by atoms with Crippen molar-refractivity contribution in [2.45, 2.75) is 65.0 Å². The second kappa shape index (κ2) is 11.9. The van der Waals surface area contributed by atoms with Gasteiger partial charge in [0.2, 0.25) is 0 Å². The van der Waals surface area contributed by atoms with Crippen LogP contribution in [0.4, 0.5) is 0 Å². The van der Waals surface area contributed by atoms with E-state index in [9.17, 15) is 4.79 Å². The molecule has 0 spiro atoms. The topological polar surface area (TPSA) is 66.0 Å². The van der Waals surface area contributed by atoms with Gasteiger partial charge in [-0.15, -0.1) is 24.0 Å². The first kappa shape index (κ1) is 23.4. The second-order valence-corrected chi connectivity index (χ2v) is 7.03. The molecule has 0 aliphatic carbocycles. The summed E-state index contributed by atoms with van der Waals surface area (Å²) in [5.74, 6) is 0.364. The Labute approximate surface area is 164 Å². The number of esters is 1. The predicted octanol–water partition coefficient (Wildman–Crippen LogP) is 2.38. The van der Waals surface area contributed by atoms with Crippen molar-refractivity contribution >= 4 is 35.9 Å². The zero-order chi connectivity index (χ0) is 17.3. The normalized spacial score (nSPS) is 19.4. The zero-order valence-corrected chi connectivity index (χ0v) is 18.2. The Balaban J connectivity index is 0.00000529. The summed E-state index contributed by atoms with van der Waals surface area (Å²) < 4.78 is 5.27. The number of carbonyl (C=O) groups is 1. The van der Waals surface area contributed by atoms with Crippen molar-refractivity contribution in [1.29, 1.82) is 0 Å². The molecule has 6 nitrogen and oxygen atoms in total. The van der Waals surface area contributed by atoms with Crippen molar-refractivity contribution in [2.75, 3.05) is 33.2 Å². The SMILES string of the molecule is CCC1CCCCN1CCNC(=NC)NCC(=O)OC(C)(C)C.I. The summed E-state index contributed by atoms with van der Waals surface area (Å²) in [4.78, 5) is 18.4. The number of ether oxygens (including phenoxy) is 1. The highest BCUT2D eigenvalue weighted by molar-refractivity contribution is 14.0. The monoisotopic (exact) mass is 454 g/mol. The molecule has 0 aromatic heterocycles. The Bertz CT molecular complexity index is 397. The third kappa shape index (κ3) is 9.66. The van der Waals surface area contributed by atoms with E-state index in [0.717, 1.165) is 13.1 Å². The lowest BCUT2D eigenvalue weighted by atomic mass is 10.0. The van der Waals surface area contributed by atoms with Gasteiger partial charge in [0, 0.05) is 26.2 Å². The summed E-state index contributed by atoms with van der Waals surface area (Å²) in [7, 11) is 1.71. The number of likely N-dealkylation sites (tertiary alicyclic amines) is 1. The molecule has 0 amide bonds. The highest BCUT2D eigenvalue weighted by Gasteiger charge is 2.20. The van der Waals surface area contributed by atoms with Gasteiger partial charge < -0.3 is 15.4 Å². The molecular weight excluding hydrogens is 419 g/mol. The van der Waals surface area contributed by atoms with Crippen LogP contribution in [0.1, 0.15) is 53.4 Å². The summed E-state index contributed by atoms with van der Waals surface area (Å²) in [5.41, 5.74) is -0.459. The molecule has 7 heteroatoms. The lowest BCUT2D eigenvalue weighted by molar-refractivity contribution is -0.153. The third-order valence-corrected chi connectivity index (χ3v) is 3.96. The van der Waals surface area contributed by atoms with Gasteiger partial charge in [0.25, 0.3) is 0 Å². The standard InChI is InChI=1S/C17H34N4O2.HI/c1-6-14-9-7-8-11-21(14)12-10-19-16(18-5)20-13-15(22)23-17(2,3)4;/h14H,6-13H2,1-5H3,(H2,18,19,20);1H. The Hall–Kier alpha value is -0.570. The average molecular weight is 454 g/mol. The van der Waals surface area contributed by atoms with Gasteiger partial charge in [0.1, 0.15) is 12.1 Å². The molecule has 0 aromatic rings. The number of carbonyl (C=O) groups excluding carboxylic acids is 1. The van der Waals surface area contributed by atoms with Crippen molar-refractivity contribution in [2.24, 2.45) is 4.99 Å². The lowest BCUT2D eigenvalue weighted by Crippen LogP contribution is -2.47. The van der Waals surface area contributed by atoms with Crippen molar-refractivity contribution < 1.29 is 9.53 Å². The number of aliphatic imine (C=N–C) groups is 1. The lowest BCUT2D eigenvalue weighted by Gasteiger charge is -2.35. The Morgan fingerprint density at radius 2 is 2.00 bits per heavy atom. The minimum Gasteiger partial charge on any atom is -0.459 e. The highest BCUT2D eigenvalue weighted by Crippen LogP contribution is 2.18. The fourth-order valence-electron chi connectivity index (χ4n) is 2.89. The van der Waals surface area contributed by atoms with Crippen LogP contribution < -0.4 is 10.6 Å². The number of piperidine rings is 1. The third-order valence-electron chi connectivity index (χ3n) is 3.96. The predicted molar refractivity (Wildman–Crippen MR) is 110 cm³/mol. The van der Waals surface area contributed by atoms with Crippen LogP contribution in [0, 0.1) is 0 Å². The second-order valence-electron chi connectivity index (χ2n) is 7.03. The maximum absolute atomic E-state index is 11.7. The van der Waals surface area contributed by atoms with E-state index in [-0.39, 0.29) is 36.5 Å². The summed E-state index contributed by atoms with van der Waals surface area (Å²) in [6, 6.07) is 0.710. The van der Waals surface area contributed by atoms with E-state index in [4.69, 9.17) is 4.74 Å². The molecule has 1 unspecified atom stereocenters. The van der Waals surface area contributed by atoms with Crippen molar-refractivity contribution in [1.82, 2.24) is 15.5 Å². The maximum Gasteiger partial charge on any atom is 0.325 e. The molecule has 1 aliphatic rings. The fourth-order valence-corrected chi connectivity index (χ4v) is 2.89. The summed E-state index contributed by atoms with van der Waals surface area (Å²) in [6.07, 6.45) is 5.16. The summed E-state index contributed by atoms with van der Waals surface area (Å²) >= 11 is 0. The Kier molecular flexibility index (Phi) is 11.6. The van der Waals surface area contributed by atoms with Gasteiger partial charge in [-0.05, 0) is 46.6 Å². The van der Waals surface area contributed by atoms with Gasteiger partial charge in [0.15, 0.2) is 5.96 Å². The van der Waals surface area contributed by atoms with Crippen LogP contribution in [0.15, 0.2) is 4.99 Å². The number of nitrogens with one attached hydrogen (secondary N) is 2. The van der Waals surface area contributed by atoms with E-state index in [0.29, 0.717) is 12.0 Å². The van der Waals surface area contributed by atoms with Crippen molar-refractivity contribution in [3.63, 3.8) is 0 Å². The van der Waals surface area contributed by atoms with E-state index >= 15 is 0 Å². The van der Waals surface area contributed by atoms with Crippen LogP contribution in [0.5, 0.6) is 0 Å². The molecule has 0 saturated carbocycles. The fraction of sp³-hybridized carbons (Fsp3) is 0.882. The molecule has 1 atom stereocenters. The number of hydrogen-bond acceptors (Lipinski definition) is 4. The number of hydrogen-bond donors (Lipinski definition) is 2. The number of rotatable bonds is 6. The first-order chi connectivity index (χ1) is 10.9. The van der Waals surface area contributed by atoms with Gasteiger partial charge in [-0.3, -0.25) is 14.7 Å². The molecule has 1 saturated heterocycles. The van der Waals surface area contributed by atoms with E-state index in [2.05, 4.69) is 27.4 Å². The van der Waals surface area contributed by atoms with E-state index < -0.39 is 5.60 Å². The first-order valence-corrected chi connectivity index (χ1v) is 8.76. The molecule has 24 heavy (non-hydrogen) atoms. The molecule has 1 rings (SSSR count). The van der Waals surface area contributed by atoms with Crippen LogP contribution in [-0.2, 0) is 9.53 Å². The Morgan fingerprint density at radius 1 is 1.29 bits per heavy atom. The van der Waals surface area contributed by atoms with Crippen molar-refractivity contribution in [3.05, 3.63) is 0 Å². The van der Waals surface area contributed by atoms with E-state index in [1.807, 2.05) is 20.8 Å². The van der Waals surface area contributed by atoms with Crippen LogP contribution in [0.2, 0.25) is 0 Å². The smallest absolute Gasteiger partial charge is 0.325 e. The van der Waals surface area contributed by atoms with Crippen LogP contribution >= 0.6 is 24.0 Å². The van der Waals surface area contributed by atoms with Crippen LogP contribution in [0.25, 0.3) is 0 Å². The van der Waals surface area contributed by atoms with Crippen LogP contribution in [0.3, 0.4) is 0 Å². The van der Waals surface area contributed by atoms with E-state index in [1.165, 1.54) is 32.2 Å². The van der Waals surface area contributed by atoms with Crippen molar-refractivity contribution in [3.8, 4) is 0 Å². The molecule has 0 aromatic carbocycles. The largest absolute Gasteiger partial charge is 0.459 e. The number of nitrogens with zero attached hydrogens (tertiary/aromatic N) is 2. The molecular formula is C17H35IN4O2. The summed E-state index contributed by atoms with van der Waals surface area (Å²) in [5, 5.41) is 6.27. The molecule has 1 aliphatic heterocycles. The number of halogens is 1. The first-order valence-electron chi connectivity index (χ1n) is 8.76. The molecule has 1 heterocycles. The maximum atomic E-state index is 11.7. The van der Waals surface area contributed by atoms with Gasteiger partial charge in [-0.1, -0.05) is 13.3 Å². The zero-order valence-electron chi connectivity index (χ0n) is 15.9. The molecule has 1 fully saturated rings.